The third-order valence-corrected chi connectivity index (χ3v) is 15.0. The zero-order chi connectivity index (χ0) is 46.7. The molecule has 16 rings (SSSR count). The molecule has 9 heteroatoms. The van der Waals surface area contributed by atoms with E-state index >= 15 is 0 Å². The second-order valence-electron chi connectivity index (χ2n) is 19.2. The van der Waals surface area contributed by atoms with Crippen LogP contribution in [0.2, 0.25) is 0 Å². The Hall–Kier alpha value is -8.71. The molecule has 0 fully saturated rings. The van der Waals surface area contributed by atoms with Crippen LogP contribution >= 0.6 is 0 Å². The Morgan fingerprint density at radius 2 is 1.21 bits per heavy atom. The van der Waals surface area contributed by atoms with E-state index in [0.29, 0.717) is 0 Å². The van der Waals surface area contributed by atoms with Crippen molar-refractivity contribution in [2.24, 2.45) is 0 Å². The van der Waals surface area contributed by atoms with E-state index in [1.807, 2.05) is 54.7 Å². The van der Waals surface area contributed by atoms with Crippen LogP contribution in [0.3, 0.4) is 0 Å². The fourth-order valence-corrected chi connectivity index (χ4v) is 11.8. The fraction of sp³-hybridized carbons (Fsp3) is 0.0476. The summed E-state index contributed by atoms with van der Waals surface area (Å²) in [6, 6.07) is 67.0. The Morgan fingerprint density at radius 3 is 2.06 bits per heavy atom. The number of aromatic nitrogens is 4. The number of rotatable bonds is 4. The minimum atomic E-state index is -0.259. The van der Waals surface area contributed by atoms with Crippen molar-refractivity contribution in [3.8, 4) is 28.2 Å². The molecule has 15 aromatic rings. The van der Waals surface area contributed by atoms with Crippen molar-refractivity contribution >= 4 is 116 Å². The van der Waals surface area contributed by atoms with Gasteiger partial charge in [-0.3, -0.25) is 4.57 Å². The standard InChI is InChI=1S/C63H37N5O3.Pt/c1-63(2)45-21-6-7-23-48(45)67(62-46(63)22-13-31-64-62)36-15-11-14-35(32-36)44-34-54-57(41-18-5-10-26-51(41)71-54)60-59(44)66-61(68(60)37-27-28-39-38-16-3-8-24-49(38)70-53(39)33-37)43-20-12-19-42-55-47(65-58(42)43)29-30-52-56(55)40-17-4-9-25-50(40)69-52;/h3-31,33-34H,1-2H3;/q-2;+2. The number of para-hydroxylation sites is 5. The number of furan rings is 3. The van der Waals surface area contributed by atoms with Gasteiger partial charge in [0, 0.05) is 61.4 Å². The quantitative estimate of drug-likeness (QED) is 0.162. The van der Waals surface area contributed by atoms with Gasteiger partial charge >= 0.3 is 21.1 Å². The normalized spacial score (nSPS) is 13.4. The van der Waals surface area contributed by atoms with Crippen LogP contribution < -0.4 is 9.88 Å². The number of imidazole rings is 1. The number of hydrogen-bond acceptors (Lipinski definition) is 6. The molecule has 0 aliphatic carbocycles. The average Bonchev–Trinajstić information content (AvgIpc) is 4.24. The molecule has 0 unspecified atom stereocenters. The van der Waals surface area contributed by atoms with Crippen molar-refractivity contribution in [1.29, 1.82) is 0 Å². The van der Waals surface area contributed by atoms with E-state index in [1.54, 1.807) is 0 Å². The molecule has 0 bridgehead atoms. The van der Waals surface area contributed by atoms with Gasteiger partial charge in [0.05, 0.1) is 22.1 Å². The largest absolute Gasteiger partial charge is 2.00 e. The van der Waals surface area contributed by atoms with Crippen molar-refractivity contribution in [3.63, 3.8) is 0 Å². The summed E-state index contributed by atoms with van der Waals surface area (Å²) in [5.41, 5.74) is 15.9. The smallest absolute Gasteiger partial charge is 0.656 e. The van der Waals surface area contributed by atoms with Crippen molar-refractivity contribution in [3.05, 3.63) is 205 Å². The molecule has 0 N–H and O–H groups in total. The molecule has 1 aliphatic rings. The van der Waals surface area contributed by atoms with Gasteiger partial charge in [-0.25, -0.2) is 9.97 Å². The third kappa shape index (κ3) is 5.55. The van der Waals surface area contributed by atoms with E-state index in [9.17, 15) is 0 Å². The maximum absolute atomic E-state index is 6.86. The van der Waals surface area contributed by atoms with Gasteiger partial charge in [-0.15, -0.1) is 40.9 Å². The summed E-state index contributed by atoms with van der Waals surface area (Å²) < 4.78 is 22.2. The molecule has 1 aliphatic heterocycles. The summed E-state index contributed by atoms with van der Waals surface area (Å²) in [6.45, 7) is 4.55. The zero-order valence-electron chi connectivity index (χ0n) is 38.7. The minimum absolute atomic E-state index is 0. The molecule has 9 aromatic carbocycles. The van der Waals surface area contributed by atoms with Crippen LogP contribution in [0.4, 0.5) is 17.2 Å². The van der Waals surface area contributed by atoms with Gasteiger partial charge in [-0.2, -0.15) is 0 Å². The minimum Gasteiger partial charge on any atom is -0.656 e. The van der Waals surface area contributed by atoms with Crippen LogP contribution in [0.5, 0.6) is 0 Å². The van der Waals surface area contributed by atoms with Crippen LogP contribution in [0.1, 0.15) is 25.0 Å². The molecule has 72 heavy (non-hydrogen) atoms. The number of nitrogens with zero attached hydrogens (tertiary/aromatic N) is 5. The number of benzene rings is 9. The molecular formula is C63H37N5O3Pt. The van der Waals surface area contributed by atoms with Gasteiger partial charge in [0.25, 0.3) is 0 Å². The molecule has 8 nitrogen and oxygen atoms in total. The zero-order valence-corrected chi connectivity index (χ0v) is 40.9. The summed E-state index contributed by atoms with van der Waals surface area (Å²) in [5.74, 6) is 1.62. The Labute approximate surface area is 425 Å². The van der Waals surface area contributed by atoms with E-state index in [4.69, 9.17) is 28.2 Å². The topological polar surface area (TPSA) is 87.5 Å². The summed E-state index contributed by atoms with van der Waals surface area (Å²) in [7, 11) is 0. The molecule has 0 saturated heterocycles. The van der Waals surface area contributed by atoms with Crippen LogP contribution in [0.25, 0.3) is 127 Å². The number of anilines is 3. The van der Waals surface area contributed by atoms with Gasteiger partial charge in [0.2, 0.25) is 0 Å². The van der Waals surface area contributed by atoms with E-state index in [2.05, 4.69) is 163 Å². The number of hydrogen-bond donors (Lipinski definition) is 0. The Bertz CT molecular complexity index is 4730. The van der Waals surface area contributed by atoms with Crippen LogP contribution in [0, 0.1) is 6.07 Å². The first-order valence-electron chi connectivity index (χ1n) is 23.9. The molecular weight excluding hydrogens is 1070 g/mol. The predicted molar refractivity (Wildman–Crippen MR) is 286 cm³/mol. The molecule has 342 valence electrons. The maximum atomic E-state index is 6.86. The van der Waals surface area contributed by atoms with Crippen molar-refractivity contribution in [2.75, 3.05) is 4.90 Å². The second-order valence-corrected chi connectivity index (χ2v) is 19.2. The van der Waals surface area contributed by atoms with Gasteiger partial charge in [-0.1, -0.05) is 129 Å². The summed E-state index contributed by atoms with van der Waals surface area (Å²) in [6.07, 6.45) is 1.88. The first-order valence-corrected chi connectivity index (χ1v) is 23.9. The molecule has 0 atom stereocenters. The van der Waals surface area contributed by atoms with Crippen LogP contribution in [-0.2, 0) is 26.5 Å². The number of pyridine rings is 1. The van der Waals surface area contributed by atoms with Crippen molar-refractivity contribution in [1.82, 2.24) is 19.5 Å². The SMILES string of the molecule is CC1(C)c2ccccc2N(c2[c-]c(-c3cc4oc5ccccc5c4c4c3nc(-c3cccc5c3[n-]c3ccc6oc7ccccc7c6c35)n4-c3ccc4c(c3)oc3ccccc34)ccc2)c2ncccc21.[Pt+2]. The van der Waals surface area contributed by atoms with Crippen LogP contribution in [-0.4, -0.2) is 14.5 Å². The first-order chi connectivity index (χ1) is 35.0. The van der Waals surface area contributed by atoms with Gasteiger partial charge < -0.3 is 23.1 Å². The van der Waals surface area contributed by atoms with E-state index < -0.39 is 0 Å². The Kier molecular flexibility index (Phi) is 8.51. The summed E-state index contributed by atoms with van der Waals surface area (Å²) >= 11 is 0. The maximum Gasteiger partial charge on any atom is 2.00 e. The van der Waals surface area contributed by atoms with Crippen molar-refractivity contribution in [2.45, 2.75) is 19.3 Å². The molecule has 0 amide bonds. The molecule has 0 radical (unpaired) electrons. The molecule has 7 heterocycles. The summed E-state index contributed by atoms with van der Waals surface area (Å²) in [5, 5.41) is 8.28. The Morgan fingerprint density at radius 1 is 0.528 bits per heavy atom. The predicted octanol–water partition coefficient (Wildman–Crippen LogP) is 16.6. The van der Waals surface area contributed by atoms with Gasteiger partial charge in [-0.05, 0) is 70.6 Å². The van der Waals surface area contributed by atoms with E-state index in [-0.39, 0.29) is 26.5 Å². The fourth-order valence-electron chi connectivity index (χ4n) is 11.8. The third-order valence-electron chi connectivity index (χ3n) is 15.0. The van der Waals surface area contributed by atoms with Gasteiger partial charge in [0.15, 0.2) is 0 Å². The van der Waals surface area contributed by atoms with Crippen molar-refractivity contribution < 1.29 is 34.3 Å². The first kappa shape index (κ1) is 41.1. The van der Waals surface area contributed by atoms with E-state index in [1.165, 1.54) is 5.56 Å². The average molecular weight is 1110 g/mol. The molecule has 0 spiro atoms. The molecule has 6 aromatic heterocycles. The Balaban J connectivity index is 0.00000462. The summed E-state index contributed by atoms with van der Waals surface area (Å²) in [4.78, 5) is 18.6. The van der Waals surface area contributed by atoms with Gasteiger partial charge in [0.1, 0.15) is 45.1 Å². The number of fused-ring (bicyclic) bond motifs is 17. The second kappa shape index (κ2) is 14.9. The van der Waals surface area contributed by atoms with Crippen LogP contribution in [0.15, 0.2) is 201 Å². The van der Waals surface area contributed by atoms with E-state index in [0.717, 1.165) is 150 Å². The molecule has 0 saturated carbocycles. The monoisotopic (exact) mass is 1110 g/mol.